The molecular weight excluding hydrogens is 200 g/mol. The first-order valence-electron chi connectivity index (χ1n) is 6.91. The topological polar surface area (TPSA) is 37.3 Å². The molecule has 2 heteroatoms. The van der Waals surface area contributed by atoms with Gasteiger partial charge >= 0.3 is 5.97 Å². The summed E-state index contributed by atoms with van der Waals surface area (Å²) >= 11 is 0. The van der Waals surface area contributed by atoms with Gasteiger partial charge in [0.05, 0.1) is 5.92 Å². The summed E-state index contributed by atoms with van der Waals surface area (Å²) in [7, 11) is 0. The van der Waals surface area contributed by atoms with Gasteiger partial charge in [-0.15, -0.1) is 0 Å². The highest BCUT2D eigenvalue weighted by molar-refractivity contribution is 5.71. The molecule has 8 atom stereocenters. The smallest absolute Gasteiger partial charge is 0.307 e. The van der Waals surface area contributed by atoms with Crippen LogP contribution in [0.5, 0.6) is 0 Å². The number of carboxylic acids is 1. The minimum absolute atomic E-state index is 0.00870. The van der Waals surface area contributed by atoms with E-state index >= 15 is 0 Å². The Kier molecular flexibility index (Phi) is 1.68. The van der Waals surface area contributed by atoms with Gasteiger partial charge in [0.25, 0.3) is 0 Å². The zero-order chi connectivity index (χ0) is 11.0. The lowest BCUT2D eigenvalue weighted by Crippen LogP contribution is -2.40. The van der Waals surface area contributed by atoms with Crippen molar-refractivity contribution in [3.05, 3.63) is 0 Å². The summed E-state index contributed by atoms with van der Waals surface area (Å²) in [5.41, 5.74) is 0. The Morgan fingerprint density at radius 2 is 1.69 bits per heavy atom. The maximum Gasteiger partial charge on any atom is 0.307 e. The molecule has 8 unspecified atom stereocenters. The number of fused-ring (bicyclic) bond motifs is 9. The average molecular weight is 220 g/mol. The normalized spacial score (nSPS) is 61.6. The third kappa shape index (κ3) is 0.892. The summed E-state index contributed by atoms with van der Waals surface area (Å²) in [5.74, 6) is 4.83. The monoisotopic (exact) mass is 220 g/mol. The van der Waals surface area contributed by atoms with Crippen LogP contribution in [0.4, 0.5) is 0 Å². The molecule has 0 aromatic carbocycles. The Morgan fingerprint density at radius 1 is 1.06 bits per heavy atom. The van der Waals surface area contributed by atoms with Crippen LogP contribution in [-0.4, -0.2) is 11.1 Å². The van der Waals surface area contributed by atoms with Crippen LogP contribution >= 0.6 is 0 Å². The molecule has 4 aliphatic carbocycles. The second-order valence-corrected chi connectivity index (χ2v) is 6.77. The van der Waals surface area contributed by atoms with Gasteiger partial charge in [0.2, 0.25) is 0 Å². The number of aliphatic carboxylic acids is 1. The summed E-state index contributed by atoms with van der Waals surface area (Å²) in [5, 5.41) is 9.40. The first kappa shape index (κ1) is 9.49. The summed E-state index contributed by atoms with van der Waals surface area (Å²) < 4.78 is 0. The van der Waals surface area contributed by atoms with Gasteiger partial charge in [-0.25, -0.2) is 0 Å². The lowest BCUT2D eigenvalue weighted by Gasteiger charge is -2.40. The van der Waals surface area contributed by atoms with Crippen molar-refractivity contribution in [1.82, 2.24) is 0 Å². The molecule has 16 heavy (non-hydrogen) atoms. The number of carbonyl (C=O) groups is 1. The van der Waals surface area contributed by atoms with Crippen molar-refractivity contribution in [1.29, 1.82) is 0 Å². The highest BCUT2D eigenvalue weighted by atomic mass is 16.4. The molecule has 0 aromatic heterocycles. The molecule has 0 amide bonds. The Bertz CT molecular complexity index is 351. The standard InChI is InChI=1S/C14H20O2/c1-6-9-5-10(11(6)14(15)16)13-8-3-2-7(4-8)12(9)13/h6-13H,2-5H2,1H3,(H,15,16). The minimum Gasteiger partial charge on any atom is -0.481 e. The third-order valence-electron chi connectivity index (χ3n) is 6.57. The van der Waals surface area contributed by atoms with Crippen molar-refractivity contribution in [2.24, 2.45) is 47.3 Å². The van der Waals surface area contributed by atoms with Crippen LogP contribution in [0.25, 0.3) is 0 Å². The summed E-state index contributed by atoms with van der Waals surface area (Å²) in [6, 6.07) is 0. The molecule has 2 nitrogen and oxygen atoms in total. The molecule has 0 aliphatic heterocycles. The molecule has 4 aliphatic rings. The van der Waals surface area contributed by atoms with Gasteiger partial charge in [0.15, 0.2) is 0 Å². The van der Waals surface area contributed by atoms with E-state index in [1.807, 2.05) is 0 Å². The zero-order valence-electron chi connectivity index (χ0n) is 9.80. The van der Waals surface area contributed by atoms with Crippen LogP contribution in [0.1, 0.15) is 32.6 Å². The number of hydrogen-bond acceptors (Lipinski definition) is 1. The Morgan fingerprint density at radius 3 is 2.31 bits per heavy atom. The number of rotatable bonds is 1. The van der Waals surface area contributed by atoms with Crippen LogP contribution in [0.3, 0.4) is 0 Å². The Balaban J connectivity index is 1.72. The lowest BCUT2D eigenvalue weighted by atomic mass is 9.64. The largest absolute Gasteiger partial charge is 0.481 e. The van der Waals surface area contributed by atoms with E-state index in [0.29, 0.717) is 11.8 Å². The Labute approximate surface area is 96.4 Å². The second-order valence-electron chi connectivity index (χ2n) is 6.77. The molecule has 88 valence electrons. The zero-order valence-corrected chi connectivity index (χ0v) is 9.80. The molecule has 0 saturated heterocycles. The van der Waals surface area contributed by atoms with Crippen molar-refractivity contribution in [3.63, 3.8) is 0 Å². The van der Waals surface area contributed by atoms with E-state index in [1.165, 1.54) is 25.7 Å². The lowest BCUT2D eigenvalue weighted by molar-refractivity contribution is -0.147. The number of hydrogen-bond donors (Lipinski definition) is 1. The van der Waals surface area contributed by atoms with Crippen molar-refractivity contribution in [2.75, 3.05) is 0 Å². The molecule has 4 saturated carbocycles. The molecule has 4 rings (SSSR count). The van der Waals surface area contributed by atoms with Gasteiger partial charge in [-0.3, -0.25) is 4.79 Å². The fourth-order valence-electron chi connectivity index (χ4n) is 6.29. The van der Waals surface area contributed by atoms with Gasteiger partial charge < -0.3 is 5.11 Å². The predicted octanol–water partition coefficient (Wildman–Crippen LogP) is 2.64. The van der Waals surface area contributed by atoms with Gasteiger partial charge in [-0.1, -0.05) is 6.92 Å². The van der Waals surface area contributed by atoms with Crippen molar-refractivity contribution < 1.29 is 9.90 Å². The van der Waals surface area contributed by atoms with Crippen LogP contribution in [0.2, 0.25) is 0 Å². The highest BCUT2D eigenvalue weighted by Crippen LogP contribution is 2.70. The predicted molar refractivity (Wildman–Crippen MR) is 59.7 cm³/mol. The van der Waals surface area contributed by atoms with E-state index in [-0.39, 0.29) is 5.92 Å². The Hall–Kier alpha value is -0.530. The van der Waals surface area contributed by atoms with E-state index in [4.69, 9.17) is 0 Å². The van der Waals surface area contributed by atoms with Crippen LogP contribution < -0.4 is 0 Å². The van der Waals surface area contributed by atoms with E-state index in [0.717, 1.165) is 29.6 Å². The third-order valence-corrected chi connectivity index (χ3v) is 6.57. The average Bonchev–Trinajstić information content (AvgIpc) is 2.92. The van der Waals surface area contributed by atoms with Crippen LogP contribution in [-0.2, 0) is 4.79 Å². The molecule has 0 radical (unpaired) electrons. The SMILES string of the molecule is CC1C2CC(C1C(=O)O)C1C3CCC(C3)C21. The van der Waals surface area contributed by atoms with Crippen LogP contribution in [0.15, 0.2) is 0 Å². The molecule has 0 aromatic rings. The highest BCUT2D eigenvalue weighted by Gasteiger charge is 2.65. The molecule has 4 fully saturated rings. The summed E-state index contributed by atoms with van der Waals surface area (Å²) in [6.45, 7) is 2.20. The first-order valence-corrected chi connectivity index (χ1v) is 6.91. The van der Waals surface area contributed by atoms with E-state index in [2.05, 4.69) is 6.92 Å². The first-order chi connectivity index (χ1) is 7.68. The maximum absolute atomic E-state index is 11.4. The van der Waals surface area contributed by atoms with Crippen LogP contribution in [0, 0.1) is 47.3 Å². The number of carboxylic acid groups (broad SMARTS) is 1. The van der Waals surface area contributed by atoms with Crippen molar-refractivity contribution in [2.45, 2.75) is 32.6 Å². The van der Waals surface area contributed by atoms with Crippen molar-refractivity contribution >= 4 is 5.97 Å². The van der Waals surface area contributed by atoms with Gasteiger partial charge in [0, 0.05) is 0 Å². The van der Waals surface area contributed by atoms with E-state index in [1.54, 1.807) is 0 Å². The van der Waals surface area contributed by atoms with E-state index in [9.17, 15) is 9.90 Å². The molecule has 1 N–H and O–H groups in total. The van der Waals surface area contributed by atoms with Gasteiger partial charge in [0.1, 0.15) is 0 Å². The van der Waals surface area contributed by atoms with Crippen molar-refractivity contribution in [3.8, 4) is 0 Å². The van der Waals surface area contributed by atoms with Gasteiger partial charge in [-0.05, 0) is 67.1 Å². The van der Waals surface area contributed by atoms with E-state index < -0.39 is 5.97 Å². The molecule has 0 spiro atoms. The molecule has 0 heterocycles. The maximum atomic E-state index is 11.4. The van der Waals surface area contributed by atoms with Gasteiger partial charge in [-0.2, -0.15) is 0 Å². The minimum atomic E-state index is -0.513. The fourth-order valence-corrected chi connectivity index (χ4v) is 6.29. The molecule has 4 bridgehead atoms. The second kappa shape index (κ2) is 2.83. The summed E-state index contributed by atoms with van der Waals surface area (Å²) in [4.78, 5) is 11.4. The fraction of sp³-hybridized carbons (Fsp3) is 0.929. The molecular formula is C14H20O2. The quantitative estimate of drug-likeness (QED) is 0.690. The summed E-state index contributed by atoms with van der Waals surface area (Å²) in [6.07, 6.45) is 5.51.